The molecule has 1 fully saturated rings. The van der Waals surface area contributed by atoms with Crippen molar-refractivity contribution in [2.45, 2.75) is 63.5 Å². The molecule has 0 aliphatic heterocycles. The predicted molar refractivity (Wildman–Crippen MR) is 74.7 cm³/mol. The van der Waals surface area contributed by atoms with Crippen LogP contribution >= 0.6 is 0 Å². The third-order valence-electron chi connectivity index (χ3n) is 4.32. The van der Waals surface area contributed by atoms with E-state index in [0.717, 1.165) is 12.8 Å². The summed E-state index contributed by atoms with van der Waals surface area (Å²) in [5, 5.41) is 0. The standard InChI is InChI=1S/C14H29N3/c1-12(2)8-9-13(16-15)14(17(3)4)10-6-5-7-11-14/h13,16H,1,5-11,15H2,2-4H3. The van der Waals surface area contributed by atoms with Gasteiger partial charge in [0.25, 0.3) is 0 Å². The molecule has 17 heavy (non-hydrogen) atoms. The largest absolute Gasteiger partial charge is 0.302 e. The Morgan fingerprint density at radius 1 is 1.35 bits per heavy atom. The van der Waals surface area contributed by atoms with E-state index in [-0.39, 0.29) is 5.54 Å². The highest BCUT2D eigenvalue weighted by Gasteiger charge is 2.40. The van der Waals surface area contributed by atoms with Crippen LogP contribution in [0.1, 0.15) is 51.9 Å². The van der Waals surface area contributed by atoms with Crippen LogP contribution < -0.4 is 11.3 Å². The molecular weight excluding hydrogens is 210 g/mol. The highest BCUT2D eigenvalue weighted by Crippen LogP contribution is 2.36. The summed E-state index contributed by atoms with van der Waals surface area (Å²) in [5.41, 5.74) is 4.55. The molecule has 1 unspecified atom stereocenters. The fraction of sp³-hybridized carbons (Fsp3) is 0.857. The van der Waals surface area contributed by atoms with Gasteiger partial charge in [0.05, 0.1) is 0 Å². The molecule has 0 heterocycles. The van der Waals surface area contributed by atoms with Crippen molar-refractivity contribution in [3.63, 3.8) is 0 Å². The van der Waals surface area contributed by atoms with E-state index in [2.05, 4.69) is 37.9 Å². The molecule has 0 spiro atoms. The number of hydrogen-bond donors (Lipinski definition) is 2. The summed E-state index contributed by atoms with van der Waals surface area (Å²) in [6.07, 6.45) is 8.67. The molecule has 3 N–H and O–H groups in total. The zero-order valence-corrected chi connectivity index (χ0v) is 11.8. The van der Waals surface area contributed by atoms with E-state index in [1.807, 2.05) is 0 Å². The molecule has 0 amide bonds. The molecule has 1 atom stereocenters. The van der Waals surface area contributed by atoms with Crippen LogP contribution in [0, 0.1) is 0 Å². The Hall–Kier alpha value is -0.380. The van der Waals surface area contributed by atoms with Crippen LogP contribution in [0.2, 0.25) is 0 Å². The Morgan fingerprint density at radius 2 is 1.94 bits per heavy atom. The number of likely N-dealkylation sites (N-methyl/N-ethyl adjacent to an activating group) is 1. The lowest BCUT2D eigenvalue weighted by Crippen LogP contribution is -2.61. The van der Waals surface area contributed by atoms with Crippen LogP contribution in [-0.4, -0.2) is 30.6 Å². The maximum atomic E-state index is 5.81. The van der Waals surface area contributed by atoms with Gasteiger partial charge in [-0.05, 0) is 46.7 Å². The highest BCUT2D eigenvalue weighted by molar-refractivity contribution is 5.01. The van der Waals surface area contributed by atoms with E-state index in [9.17, 15) is 0 Å². The number of nitrogens with two attached hydrogens (primary N) is 1. The second-order valence-corrected chi connectivity index (χ2v) is 5.77. The van der Waals surface area contributed by atoms with E-state index in [1.165, 1.54) is 37.7 Å². The lowest BCUT2D eigenvalue weighted by atomic mass is 9.74. The number of nitrogens with zero attached hydrogens (tertiary/aromatic N) is 1. The minimum Gasteiger partial charge on any atom is -0.302 e. The van der Waals surface area contributed by atoms with Crippen molar-refractivity contribution in [1.82, 2.24) is 10.3 Å². The molecule has 1 saturated carbocycles. The van der Waals surface area contributed by atoms with Crippen molar-refractivity contribution in [3.8, 4) is 0 Å². The average Bonchev–Trinajstić information content (AvgIpc) is 2.30. The molecular formula is C14H29N3. The van der Waals surface area contributed by atoms with Crippen molar-refractivity contribution in [2.24, 2.45) is 5.84 Å². The number of rotatable bonds is 6. The second kappa shape index (κ2) is 6.53. The first-order chi connectivity index (χ1) is 8.03. The summed E-state index contributed by atoms with van der Waals surface area (Å²) in [6.45, 7) is 6.09. The minimum atomic E-state index is 0.239. The Morgan fingerprint density at radius 3 is 2.35 bits per heavy atom. The summed E-state index contributed by atoms with van der Waals surface area (Å²) in [4.78, 5) is 2.38. The molecule has 0 aromatic heterocycles. The second-order valence-electron chi connectivity index (χ2n) is 5.77. The molecule has 0 aromatic rings. The molecule has 1 aliphatic rings. The van der Waals surface area contributed by atoms with Gasteiger partial charge in [0.2, 0.25) is 0 Å². The average molecular weight is 239 g/mol. The van der Waals surface area contributed by atoms with Crippen LogP contribution in [0.15, 0.2) is 12.2 Å². The first-order valence-electron chi connectivity index (χ1n) is 6.81. The molecule has 1 aliphatic carbocycles. The van der Waals surface area contributed by atoms with Crippen molar-refractivity contribution in [3.05, 3.63) is 12.2 Å². The smallest absolute Gasteiger partial charge is 0.0397 e. The fourth-order valence-corrected chi connectivity index (χ4v) is 3.17. The van der Waals surface area contributed by atoms with E-state index in [4.69, 9.17) is 5.84 Å². The van der Waals surface area contributed by atoms with Gasteiger partial charge < -0.3 is 4.90 Å². The van der Waals surface area contributed by atoms with Crippen molar-refractivity contribution >= 4 is 0 Å². The van der Waals surface area contributed by atoms with Crippen LogP contribution in [0.5, 0.6) is 0 Å². The summed E-state index contributed by atoms with van der Waals surface area (Å²) in [7, 11) is 4.38. The van der Waals surface area contributed by atoms with Gasteiger partial charge >= 0.3 is 0 Å². The molecule has 0 aromatic carbocycles. The van der Waals surface area contributed by atoms with Gasteiger partial charge in [0.1, 0.15) is 0 Å². The van der Waals surface area contributed by atoms with Gasteiger partial charge in [-0.1, -0.05) is 24.8 Å². The lowest BCUT2D eigenvalue weighted by molar-refractivity contribution is 0.0536. The van der Waals surface area contributed by atoms with Gasteiger partial charge in [-0.2, -0.15) is 0 Å². The number of nitrogens with one attached hydrogen (secondary N) is 1. The summed E-state index contributed by atoms with van der Waals surface area (Å²) in [5.74, 6) is 5.81. The van der Waals surface area contributed by atoms with E-state index >= 15 is 0 Å². The van der Waals surface area contributed by atoms with Crippen LogP contribution in [0.4, 0.5) is 0 Å². The Labute approximate surface area is 106 Å². The molecule has 0 saturated heterocycles. The van der Waals surface area contributed by atoms with E-state index in [0.29, 0.717) is 6.04 Å². The quantitative estimate of drug-likeness (QED) is 0.425. The molecule has 100 valence electrons. The third kappa shape index (κ3) is 3.54. The van der Waals surface area contributed by atoms with Crippen LogP contribution in [0.25, 0.3) is 0 Å². The zero-order chi connectivity index (χ0) is 12.9. The van der Waals surface area contributed by atoms with Crippen LogP contribution in [0.3, 0.4) is 0 Å². The number of allylic oxidation sites excluding steroid dienone is 1. The Kier molecular flexibility index (Phi) is 5.63. The predicted octanol–water partition coefficient (Wildman–Crippen LogP) is 2.44. The van der Waals surface area contributed by atoms with E-state index in [1.54, 1.807) is 0 Å². The first-order valence-corrected chi connectivity index (χ1v) is 6.81. The highest BCUT2D eigenvalue weighted by atomic mass is 15.3. The number of hydrazine groups is 1. The normalized spacial score (nSPS) is 21.5. The summed E-state index contributed by atoms with van der Waals surface area (Å²) >= 11 is 0. The molecule has 3 heteroatoms. The summed E-state index contributed by atoms with van der Waals surface area (Å²) in [6, 6.07) is 0.370. The van der Waals surface area contributed by atoms with Gasteiger partial charge in [-0.3, -0.25) is 11.3 Å². The molecule has 3 nitrogen and oxygen atoms in total. The lowest BCUT2D eigenvalue weighted by Gasteiger charge is -2.48. The van der Waals surface area contributed by atoms with Crippen molar-refractivity contribution < 1.29 is 0 Å². The monoisotopic (exact) mass is 239 g/mol. The molecule has 0 bridgehead atoms. The first kappa shape index (κ1) is 14.7. The minimum absolute atomic E-state index is 0.239. The van der Waals surface area contributed by atoms with Gasteiger partial charge in [-0.25, -0.2) is 0 Å². The Balaban J connectivity index is 2.74. The SMILES string of the molecule is C=C(C)CCC(NN)C1(N(C)C)CCCCC1. The van der Waals surface area contributed by atoms with Crippen molar-refractivity contribution in [2.75, 3.05) is 14.1 Å². The maximum absolute atomic E-state index is 5.81. The third-order valence-corrected chi connectivity index (χ3v) is 4.32. The molecule has 0 radical (unpaired) electrons. The van der Waals surface area contributed by atoms with Gasteiger partial charge in [-0.15, -0.1) is 6.58 Å². The maximum Gasteiger partial charge on any atom is 0.0397 e. The van der Waals surface area contributed by atoms with Gasteiger partial charge in [0, 0.05) is 11.6 Å². The van der Waals surface area contributed by atoms with Gasteiger partial charge in [0.15, 0.2) is 0 Å². The topological polar surface area (TPSA) is 41.3 Å². The summed E-state index contributed by atoms with van der Waals surface area (Å²) < 4.78 is 0. The van der Waals surface area contributed by atoms with Crippen molar-refractivity contribution in [1.29, 1.82) is 0 Å². The fourth-order valence-electron chi connectivity index (χ4n) is 3.17. The van der Waals surface area contributed by atoms with Crippen LogP contribution in [-0.2, 0) is 0 Å². The Bertz CT molecular complexity index is 242. The molecule has 1 rings (SSSR count). The number of hydrogen-bond acceptors (Lipinski definition) is 3. The van der Waals surface area contributed by atoms with E-state index < -0.39 is 0 Å². The zero-order valence-electron chi connectivity index (χ0n) is 11.8.